The van der Waals surface area contributed by atoms with Gasteiger partial charge in [0.1, 0.15) is 6.54 Å². The summed E-state index contributed by atoms with van der Waals surface area (Å²) >= 11 is 1.67. The molecule has 0 bridgehead atoms. The van der Waals surface area contributed by atoms with Crippen LogP contribution in [0.25, 0.3) is 21.1 Å². The first-order valence-electron chi connectivity index (χ1n) is 10.5. The average Bonchev–Trinajstić information content (AvgIpc) is 3.30. The van der Waals surface area contributed by atoms with E-state index in [1.165, 1.54) is 15.1 Å². The Morgan fingerprint density at radius 1 is 1.12 bits per heavy atom. The molecule has 1 aromatic carbocycles. The van der Waals surface area contributed by atoms with Crippen molar-refractivity contribution in [2.75, 3.05) is 18.0 Å². The van der Waals surface area contributed by atoms with E-state index in [0.717, 1.165) is 24.4 Å². The average molecular weight is 443 g/mol. The molecule has 1 saturated carbocycles. The van der Waals surface area contributed by atoms with E-state index in [0.29, 0.717) is 34.5 Å². The van der Waals surface area contributed by atoms with Gasteiger partial charge in [-0.05, 0) is 42.2 Å². The van der Waals surface area contributed by atoms with E-state index in [-0.39, 0.29) is 12.1 Å². The summed E-state index contributed by atoms with van der Waals surface area (Å²) in [6.45, 7) is 2.13. The zero-order valence-corrected chi connectivity index (χ0v) is 17.6. The fourth-order valence-electron chi connectivity index (χ4n) is 4.89. The topological polar surface area (TPSA) is 103 Å². The summed E-state index contributed by atoms with van der Waals surface area (Å²) < 4.78 is 8.02. The summed E-state index contributed by atoms with van der Waals surface area (Å²) in [4.78, 5) is 28.2. The molecule has 1 saturated heterocycles. The number of nitrogens with zero attached hydrogens (tertiary/aromatic N) is 7. The minimum Gasteiger partial charge on any atom is -0.371 e. The first-order valence-corrected chi connectivity index (χ1v) is 11.3. The molecule has 0 spiro atoms. The van der Waals surface area contributed by atoms with Crippen LogP contribution in [0, 0.1) is 11.8 Å². The van der Waals surface area contributed by atoms with E-state index in [4.69, 9.17) is 4.52 Å². The monoisotopic (exact) mass is 443 g/mol. The lowest BCUT2D eigenvalue weighted by molar-refractivity contribution is 0.358. The first-order chi connectivity index (χ1) is 15.7. The Morgan fingerprint density at radius 2 is 2.03 bits per heavy atom. The van der Waals surface area contributed by atoms with Gasteiger partial charge in [0.25, 0.3) is 5.56 Å². The molecular formula is C22H17N7O2S. The van der Waals surface area contributed by atoms with Crippen molar-refractivity contribution in [2.24, 2.45) is 11.8 Å². The minimum absolute atomic E-state index is 0.152. The van der Waals surface area contributed by atoms with Crippen molar-refractivity contribution in [1.29, 1.82) is 0 Å². The number of anilines is 1. The molecule has 2 fully saturated rings. The molecule has 0 radical (unpaired) electrons. The van der Waals surface area contributed by atoms with Crippen LogP contribution in [0.2, 0.25) is 0 Å². The fraction of sp³-hybridized carbons (Fsp3) is 0.273. The molecule has 158 valence electrons. The van der Waals surface area contributed by atoms with E-state index >= 15 is 0 Å². The molecule has 5 heterocycles. The van der Waals surface area contributed by atoms with Crippen LogP contribution in [0.3, 0.4) is 0 Å². The number of benzene rings is 1. The highest BCUT2D eigenvalue weighted by Gasteiger charge is 2.58. The molecule has 1 aliphatic heterocycles. The molecule has 3 atom stereocenters. The van der Waals surface area contributed by atoms with Crippen molar-refractivity contribution in [3.63, 3.8) is 0 Å². The van der Waals surface area contributed by atoms with Crippen molar-refractivity contribution >= 4 is 38.1 Å². The standard InChI is InChI=1S/C22H17N7O2S/c30-22-13-2-1-5-23-17(13)7-25-29(22)10-19-26-21(27-31-19)20-14-8-28(9-15(14)20)12-3-4-16-18(6-12)32-11-24-16/h1-7,11,14-15,20H,8-10H2/t14-,15+,20+. The van der Waals surface area contributed by atoms with Crippen molar-refractivity contribution in [2.45, 2.75) is 12.5 Å². The summed E-state index contributed by atoms with van der Waals surface area (Å²) in [5.41, 5.74) is 4.55. The van der Waals surface area contributed by atoms with Crippen LogP contribution in [0.1, 0.15) is 17.6 Å². The lowest BCUT2D eigenvalue weighted by Crippen LogP contribution is -2.24. The summed E-state index contributed by atoms with van der Waals surface area (Å²) in [7, 11) is 0. The van der Waals surface area contributed by atoms with Gasteiger partial charge in [0.15, 0.2) is 5.82 Å². The largest absolute Gasteiger partial charge is 0.371 e. The highest BCUT2D eigenvalue weighted by atomic mass is 32.1. The van der Waals surface area contributed by atoms with E-state index in [1.54, 1.807) is 35.9 Å². The lowest BCUT2D eigenvalue weighted by Gasteiger charge is -2.21. The van der Waals surface area contributed by atoms with Gasteiger partial charge in [-0.1, -0.05) is 5.16 Å². The van der Waals surface area contributed by atoms with Gasteiger partial charge < -0.3 is 9.42 Å². The van der Waals surface area contributed by atoms with Gasteiger partial charge in [0.2, 0.25) is 5.89 Å². The SMILES string of the molecule is O=c1c2cccnc2cnn1Cc1nc([C@H]2[C@@H]3CN(c4ccc5ncsc5c4)C[C@@H]32)no1. The van der Waals surface area contributed by atoms with E-state index in [9.17, 15) is 4.79 Å². The van der Waals surface area contributed by atoms with Crippen LogP contribution in [0.5, 0.6) is 0 Å². The van der Waals surface area contributed by atoms with Crippen molar-refractivity contribution in [1.82, 2.24) is 29.9 Å². The summed E-state index contributed by atoms with van der Waals surface area (Å²) in [5, 5.41) is 8.93. The molecular weight excluding hydrogens is 426 g/mol. The predicted octanol–water partition coefficient (Wildman–Crippen LogP) is 2.68. The maximum absolute atomic E-state index is 12.6. The maximum Gasteiger partial charge on any atom is 0.276 e. The smallest absolute Gasteiger partial charge is 0.276 e. The number of thiazole rings is 1. The molecule has 0 amide bonds. The van der Waals surface area contributed by atoms with Crippen molar-refractivity contribution in [3.05, 3.63) is 70.3 Å². The van der Waals surface area contributed by atoms with E-state index in [1.807, 2.05) is 5.51 Å². The highest BCUT2D eigenvalue weighted by Crippen LogP contribution is 2.58. The Kier molecular flexibility index (Phi) is 3.74. The van der Waals surface area contributed by atoms with E-state index in [2.05, 4.69) is 48.3 Å². The quantitative estimate of drug-likeness (QED) is 0.418. The number of pyridine rings is 1. The van der Waals surface area contributed by atoms with Gasteiger partial charge in [-0.15, -0.1) is 11.3 Å². The third kappa shape index (κ3) is 2.76. The zero-order valence-electron chi connectivity index (χ0n) is 16.8. The molecule has 9 nitrogen and oxygen atoms in total. The highest BCUT2D eigenvalue weighted by molar-refractivity contribution is 7.16. The second-order valence-electron chi connectivity index (χ2n) is 8.35. The van der Waals surface area contributed by atoms with Gasteiger partial charge in [-0.25, -0.2) is 9.67 Å². The van der Waals surface area contributed by atoms with Crippen LogP contribution in [-0.4, -0.2) is 43.0 Å². The van der Waals surface area contributed by atoms with Crippen LogP contribution in [-0.2, 0) is 6.54 Å². The first kappa shape index (κ1) is 18.0. The Labute approximate surface area is 185 Å². The normalized spacial score (nSPS) is 22.0. The van der Waals surface area contributed by atoms with Crippen LogP contribution < -0.4 is 10.5 Å². The summed E-state index contributed by atoms with van der Waals surface area (Å²) in [6.07, 6.45) is 3.22. The number of fused-ring (bicyclic) bond motifs is 3. The molecule has 10 heteroatoms. The third-order valence-electron chi connectivity index (χ3n) is 6.56. The maximum atomic E-state index is 12.6. The van der Waals surface area contributed by atoms with Crippen LogP contribution >= 0.6 is 11.3 Å². The third-order valence-corrected chi connectivity index (χ3v) is 7.36. The molecule has 5 aromatic rings. The lowest BCUT2D eigenvalue weighted by atomic mass is 10.2. The van der Waals surface area contributed by atoms with Gasteiger partial charge in [-0.3, -0.25) is 9.78 Å². The molecule has 4 aromatic heterocycles. The Balaban J connectivity index is 1.06. The number of piperidine rings is 1. The van der Waals surface area contributed by atoms with Gasteiger partial charge in [0.05, 0.1) is 32.8 Å². The van der Waals surface area contributed by atoms with Gasteiger partial charge in [-0.2, -0.15) is 10.1 Å². The predicted molar refractivity (Wildman–Crippen MR) is 119 cm³/mol. The van der Waals surface area contributed by atoms with Crippen molar-refractivity contribution < 1.29 is 4.52 Å². The minimum atomic E-state index is -0.216. The second kappa shape index (κ2) is 6.67. The molecule has 1 aliphatic carbocycles. The number of rotatable bonds is 4. The Hall–Kier alpha value is -3.66. The Morgan fingerprint density at radius 3 is 2.94 bits per heavy atom. The summed E-state index contributed by atoms with van der Waals surface area (Å²) in [6, 6.07) is 9.95. The second-order valence-corrected chi connectivity index (χ2v) is 9.24. The van der Waals surface area contributed by atoms with Crippen LogP contribution in [0.15, 0.2) is 57.6 Å². The summed E-state index contributed by atoms with van der Waals surface area (Å²) in [5.74, 6) is 2.52. The molecule has 0 unspecified atom stereocenters. The Bertz CT molecular complexity index is 1530. The molecule has 2 aliphatic rings. The van der Waals surface area contributed by atoms with Gasteiger partial charge in [0, 0.05) is 30.9 Å². The number of aromatic nitrogens is 6. The molecule has 0 N–H and O–H groups in total. The number of hydrogen-bond donors (Lipinski definition) is 0. The fourth-order valence-corrected chi connectivity index (χ4v) is 5.60. The molecule has 32 heavy (non-hydrogen) atoms. The zero-order chi connectivity index (χ0) is 21.2. The van der Waals surface area contributed by atoms with E-state index < -0.39 is 0 Å². The number of hydrogen-bond acceptors (Lipinski definition) is 9. The van der Waals surface area contributed by atoms with Crippen molar-refractivity contribution in [3.8, 4) is 0 Å². The van der Waals surface area contributed by atoms with Crippen LogP contribution in [0.4, 0.5) is 5.69 Å². The van der Waals surface area contributed by atoms with Gasteiger partial charge >= 0.3 is 0 Å². The molecule has 7 rings (SSSR count).